The zero-order valence-corrected chi connectivity index (χ0v) is 19.0. The van der Waals surface area contributed by atoms with E-state index in [1.165, 1.54) is 4.31 Å². The van der Waals surface area contributed by atoms with Crippen LogP contribution >= 0.6 is 11.3 Å². The SMILES string of the molecule is O=C(c1nnc(-c2csc(S(=O)(=O)N3CCN(c4ccccc4)CC3)c2)o1)N1CCCC1. The van der Waals surface area contributed by atoms with Crippen molar-refractivity contribution in [2.45, 2.75) is 17.1 Å². The van der Waals surface area contributed by atoms with Gasteiger partial charge in [-0.15, -0.1) is 21.5 Å². The van der Waals surface area contributed by atoms with E-state index in [4.69, 9.17) is 4.42 Å². The second-order valence-electron chi connectivity index (χ2n) is 7.79. The Hall–Kier alpha value is -2.76. The number of anilines is 1. The van der Waals surface area contributed by atoms with E-state index in [0.29, 0.717) is 44.8 Å². The fraction of sp³-hybridized carbons (Fsp3) is 0.381. The first kappa shape index (κ1) is 21.1. The third kappa shape index (κ3) is 4.03. The molecule has 2 aliphatic heterocycles. The quantitative estimate of drug-likeness (QED) is 0.561. The highest BCUT2D eigenvalue weighted by Gasteiger charge is 2.31. The van der Waals surface area contributed by atoms with Crippen molar-refractivity contribution in [2.24, 2.45) is 0 Å². The Kier molecular flexibility index (Phi) is 5.70. The van der Waals surface area contributed by atoms with Gasteiger partial charge in [0, 0.05) is 50.3 Å². The van der Waals surface area contributed by atoms with Crippen molar-refractivity contribution in [1.82, 2.24) is 19.4 Å². The van der Waals surface area contributed by atoms with Crippen LogP contribution in [-0.2, 0) is 10.0 Å². The Bertz CT molecular complexity index is 1190. The first-order chi connectivity index (χ1) is 15.5. The van der Waals surface area contributed by atoms with E-state index in [-0.39, 0.29) is 21.9 Å². The monoisotopic (exact) mass is 473 g/mol. The number of carbonyl (C=O) groups is 1. The summed E-state index contributed by atoms with van der Waals surface area (Å²) in [6.45, 7) is 3.48. The summed E-state index contributed by atoms with van der Waals surface area (Å²) in [5, 5.41) is 9.50. The first-order valence-corrected chi connectivity index (χ1v) is 12.9. The minimum atomic E-state index is -3.62. The molecule has 1 aromatic carbocycles. The summed E-state index contributed by atoms with van der Waals surface area (Å²) in [4.78, 5) is 16.3. The van der Waals surface area contributed by atoms with Crippen LogP contribution in [0.4, 0.5) is 5.69 Å². The molecule has 0 aliphatic carbocycles. The normalized spacial score (nSPS) is 17.8. The first-order valence-electron chi connectivity index (χ1n) is 10.5. The predicted octanol–water partition coefficient (Wildman–Crippen LogP) is 2.55. The molecule has 0 unspecified atom stereocenters. The number of piperazine rings is 1. The molecule has 2 aliphatic rings. The number of nitrogens with zero attached hydrogens (tertiary/aromatic N) is 5. The summed E-state index contributed by atoms with van der Waals surface area (Å²) >= 11 is 1.12. The molecule has 4 heterocycles. The molecule has 32 heavy (non-hydrogen) atoms. The molecule has 9 nitrogen and oxygen atoms in total. The smallest absolute Gasteiger partial charge is 0.311 e. The van der Waals surface area contributed by atoms with E-state index in [2.05, 4.69) is 15.1 Å². The molecule has 2 fully saturated rings. The molecule has 168 valence electrons. The topological polar surface area (TPSA) is 99.8 Å². The molecule has 11 heteroatoms. The molecule has 0 saturated carbocycles. The lowest BCUT2D eigenvalue weighted by atomic mass is 10.2. The van der Waals surface area contributed by atoms with Gasteiger partial charge in [-0.1, -0.05) is 18.2 Å². The highest BCUT2D eigenvalue weighted by molar-refractivity contribution is 7.91. The number of para-hydroxylation sites is 1. The Balaban J connectivity index is 1.27. The van der Waals surface area contributed by atoms with Crippen LogP contribution in [0, 0.1) is 0 Å². The number of thiophene rings is 1. The molecule has 0 bridgehead atoms. The number of sulfonamides is 1. The van der Waals surface area contributed by atoms with Gasteiger partial charge in [-0.2, -0.15) is 4.31 Å². The van der Waals surface area contributed by atoms with Crippen molar-refractivity contribution in [3.05, 3.63) is 47.7 Å². The number of likely N-dealkylation sites (tertiary alicyclic amines) is 1. The van der Waals surface area contributed by atoms with Crippen LogP contribution in [0.2, 0.25) is 0 Å². The Labute approximate surface area is 190 Å². The summed E-state index contributed by atoms with van der Waals surface area (Å²) in [7, 11) is -3.62. The fourth-order valence-corrected chi connectivity index (χ4v) is 6.73. The van der Waals surface area contributed by atoms with E-state index >= 15 is 0 Å². The molecule has 0 atom stereocenters. The third-order valence-corrected chi connectivity index (χ3v) is 9.09. The zero-order valence-electron chi connectivity index (χ0n) is 17.4. The molecule has 2 aromatic heterocycles. The van der Waals surface area contributed by atoms with Gasteiger partial charge < -0.3 is 14.2 Å². The third-order valence-electron chi connectivity index (χ3n) is 5.78. The van der Waals surface area contributed by atoms with Crippen LogP contribution in [0.25, 0.3) is 11.5 Å². The van der Waals surface area contributed by atoms with Crippen molar-refractivity contribution in [3.63, 3.8) is 0 Å². The maximum atomic E-state index is 13.2. The molecular formula is C21H23N5O4S2. The zero-order chi connectivity index (χ0) is 22.1. The van der Waals surface area contributed by atoms with Gasteiger partial charge >= 0.3 is 11.8 Å². The average molecular weight is 474 g/mol. The van der Waals surface area contributed by atoms with E-state index in [9.17, 15) is 13.2 Å². The lowest BCUT2D eigenvalue weighted by Gasteiger charge is -2.35. The molecular weight excluding hydrogens is 450 g/mol. The van der Waals surface area contributed by atoms with Crippen LogP contribution in [0.1, 0.15) is 23.5 Å². The summed E-state index contributed by atoms with van der Waals surface area (Å²) in [5.74, 6) is -0.186. The largest absolute Gasteiger partial charge is 0.412 e. The molecule has 2 saturated heterocycles. The van der Waals surface area contributed by atoms with Crippen molar-refractivity contribution in [2.75, 3.05) is 44.2 Å². The molecule has 1 amide bonds. The van der Waals surface area contributed by atoms with Crippen LogP contribution < -0.4 is 4.90 Å². The summed E-state index contributed by atoms with van der Waals surface area (Å²) < 4.78 is 33.6. The molecule has 5 rings (SSSR count). The molecule has 3 aromatic rings. The summed E-state index contributed by atoms with van der Waals surface area (Å²) in [6, 6.07) is 11.5. The maximum Gasteiger partial charge on any atom is 0.311 e. The Morgan fingerprint density at radius 1 is 0.969 bits per heavy atom. The number of hydrogen-bond donors (Lipinski definition) is 0. The molecule has 0 N–H and O–H groups in total. The minimum Gasteiger partial charge on any atom is -0.412 e. The van der Waals surface area contributed by atoms with Crippen molar-refractivity contribution >= 4 is 33.0 Å². The van der Waals surface area contributed by atoms with Gasteiger partial charge in [0.1, 0.15) is 4.21 Å². The van der Waals surface area contributed by atoms with Crippen LogP contribution in [0.15, 0.2) is 50.4 Å². The van der Waals surface area contributed by atoms with Gasteiger partial charge in [0.15, 0.2) is 0 Å². The second kappa shape index (κ2) is 8.64. The summed E-state index contributed by atoms with van der Waals surface area (Å²) in [6.07, 6.45) is 1.94. The lowest BCUT2D eigenvalue weighted by molar-refractivity contribution is 0.0754. The Morgan fingerprint density at radius 3 is 2.41 bits per heavy atom. The Morgan fingerprint density at radius 2 is 1.69 bits per heavy atom. The molecule has 0 spiro atoms. The van der Waals surface area contributed by atoms with Crippen LogP contribution in [-0.4, -0.2) is 73.0 Å². The number of amides is 1. The standard InChI is InChI=1S/C21H23N5O4S2/c27-21(25-8-4-5-9-25)20-23-22-19(30-20)16-14-18(31-15-16)32(28,29)26-12-10-24(11-13-26)17-6-2-1-3-7-17/h1-3,6-7,14-15H,4-5,8-13H2. The summed E-state index contributed by atoms with van der Waals surface area (Å²) in [5.41, 5.74) is 1.60. The minimum absolute atomic E-state index is 0.0606. The average Bonchev–Trinajstić information content (AvgIpc) is 3.60. The van der Waals surface area contributed by atoms with Gasteiger partial charge in [-0.25, -0.2) is 8.42 Å². The van der Waals surface area contributed by atoms with Gasteiger partial charge in [0.25, 0.3) is 10.0 Å². The highest BCUT2D eigenvalue weighted by atomic mass is 32.2. The van der Waals surface area contributed by atoms with Crippen molar-refractivity contribution in [3.8, 4) is 11.5 Å². The number of benzene rings is 1. The number of rotatable bonds is 5. The van der Waals surface area contributed by atoms with Gasteiger partial charge in [0.2, 0.25) is 5.89 Å². The highest BCUT2D eigenvalue weighted by Crippen LogP contribution is 2.31. The van der Waals surface area contributed by atoms with E-state index in [0.717, 1.165) is 29.9 Å². The van der Waals surface area contributed by atoms with Crippen molar-refractivity contribution < 1.29 is 17.6 Å². The van der Waals surface area contributed by atoms with Gasteiger partial charge in [-0.05, 0) is 31.0 Å². The number of carbonyl (C=O) groups excluding carboxylic acids is 1. The van der Waals surface area contributed by atoms with E-state index in [1.54, 1.807) is 16.3 Å². The number of aromatic nitrogens is 2. The fourth-order valence-electron chi connectivity index (χ4n) is 4.00. The second-order valence-corrected chi connectivity index (χ2v) is 10.9. The number of hydrogen-bond acceptors (Lipinski definition) is 8. The van der Waals surface area contributed by atoms with Crippen LogP contribution in [0.5, 0.6) is 0 Å². The van der Waals surface area contributed by atoms with E-state index in [1.807, 2.05) is 30.3 Å². The molecule has 0 radical (unpaired) electrons. The van der Waals surface area contributed by atoms with Gasteiger partial charge in [-0.3, -0.25) is 4.79 Å². The van der Waals surface area contributed by atoms with Gasteiger partial charge in [0.05, 0.1) is 5.56 Å². The van der Waals surface area contributed by atoms with Crippen LogP contribution in [0.3, 0.4) is 0 Å². The predicted molar refractivity (Wildman–Crippen MR) is 120 cm³/mol. The maximum absolute atomic E-state index is 13.2. The van der Waals surface area contributed by atoms with E-state index < -0.39 is 10.0 Å². The lowest BCUT2D eigenvalue weighted by Crippen LogP contribution is -2.48. The van der Waals surface area contributed by atoms with Crippen molar-refractivity contribution in [1.29, 1.82) is 0 Å².